The first-order valence-electron chi connectivity index (χ1n) is 7.15. The average Bonchev–Trinajstić information content (AvgIpc) is 2.95. The minimum absolute atomic E-state index is 0.00361. The van der Waals surface area contributed by atoms with E-state index in [0.717, 1.165) is 45.3 Å². The van der Waals surface area contributed by atoms with Crippen molar-refractivity contribution in [3.05, 3.63) is 0 Å². The highest BCUT2D eigenvalue weighted by molar-refractivity contribution is 5.82. The van der Waals surface area contributed by atoms with Gasteiger partial charge in [-0.05, 0) is 32.2 Å². The highest BCUT2D eigenvalue weighted by Crippen LogP contribution is 2.11. The molecule has 0 spiro atoms. The summed E-state index contributed by atoms with van der Waals surface area (Å²) in [7, 11) is 1.66. The molecule has 19 heavy (non-hydrogen) atoms. The Balaban J connectivity index is 1.68. The molecule has 2 fully saturated rings. The van der Waals surface area contributed by atoms with E-state index >= 15 is 0 Å². The van der Waals surface area contributed by atoms with Gasteiger partial charge in [0.15, 0.2) is 0 Å². The molecule has 108 valence electrons. The van der Waals surface area contributed by atoms with Gasteiger partial charge in [-0.15, -0.1) is 0 Å². The van der Waals surface area contributed by atoms with Gasteiger partial charge < -0.3 is 16.0 Å². The fraction of sp³-hybridized carbons (Fsp3) is 0.846. The van der Waals surface area contributed by atoms with Crippen LogP contribution in [-0.2, 0) is 9.59 Å². The number of carbonyl (C=O) groups excluding carboxylic acids is 2. The zero-order valence-electron chi connectivity index (χ0n) is 11.6. The molecule has 6 nitrogen and oxygen atoms in total. The Kier molecular flexibility index (Phi) is 5.15. The van der Waals surface area contributed by atoms with Crippen molar-refractivity contribution < 1.29 is 9.59 Å². The van der Waals surface area contributed by atoms with Crippen molar-refractivity contribution in [2.24, 2.45) is 0 Å². The normalized spacial score (nSPS) is 25.2. The molecule has 0 aromatic heterocycles. The fourth-order valence-corrected chi connectivity index (χ4v) is 2.73. The van der Waals surface area contributed by atoms with Gasteiger partial charge in [0, 0.05) is 26.2 Å². The summed E-state index contributed by atoms with van der Waals surface area (Å²) in [6.07, 6.45) is 3.88. The predicted octanol–water partition coefficient (Wildman–Crippen LogP) is -0.935. The Morgan fingerprint density at radius 3 is 2.58 bits per heavy atom. The lowest BCUT2D eigenvalue weighted by Gasteiger charge is -2.32. The predicted molar refractivity (Wildman–Crippen MR) is 72.7 cm³/mol. The zero-order chi connectivity index (χ0) is 13.7. The summed E-state index contributed by atoms with van der Waals surface area (Å²) in [6, 6.07) is 0.264. The maximum atomic E-state index is 12.0. The van der Waals surface area contributed by atoms with Gasteiger partial charge in [0.2, 0.25) is 11.8 Å². The lowest BCUT2D eigenvalue weighted by Crippen LogP contribution is -2.50. The third-order valence-corrected chi connectivity index (χ3v) is 3.96. The monoisotopic (exact) mass is 268 g/mol. The number of hydrogen-bond donors (Lipinski definition) is 3. The van der Waals surface area contributed by atoms with Crippen molar-refractivity contribution in [1.29, 1.82) is 0 Å². The Morgan fingerprint density at radius 2 is 2.00 bits per heavy atom. The van der Waals surface area contributed by atoms with Gasteiger partial charge >= 0.3 is 0 Å². The summed E-state index contributed by atoms with van der Waals surface area (Å²) < 4.78 is 0. The summed E-state index contributed by atoms with van der Waals surface area (Å²) in [5, 5.41) is 8.97. The van der Waals surface area contributed by atoms with Gasteiger partial charge in [0.05, 0.1) is 12.6 Å². The van der Waals surface area contributed by atoms with E-state index in [1.807, 2.05) is 0 Å². The molecule has 2 saturated heterocycles. The number of hydrogen-bond acceptors (Lipinski definition) is 4. The second-order valence-corrected chi connectivity index (χ2v) is 5.38. The number of carbonyl (C=O) groups is 2. The second-order valence-electron chi connectivity index (χ2n) is 5.38. The van der Waals surface area contributed by atoms with Gasteiger partial charge in [-0.25, -0.2) is 0 Å². The molecule has 0 aliphatic carbocycles. The number of amides is 2. The number of nitrogens with zero attached hydrogens (tertiary/aromatic N) is 1. The molecule has 2 aliphatic rings. The van der Waals surface area contributed by atoms with Gasteiger partial charge in [-0.1, -0.05) is 0 Å². The fourth-order valence-electron chi connectivity index (χ4n) is 2.73. The summed E-state index contributed by atoms with van der Waals surface area (Å²) in [4.78, 5) is 25.4. The molecule has 2 amide bonds. The van der Waals surface area contributed by atoms with E-state index < -0.39 is 0 Å². The van der Waals surface area contributed by atoms with Crippen LogP contribution in [0.4, 0.5) is 0 Å². The molecule has 1 atom stereocenters. The third kappa shape index (κ3) is 4.18. The van der Waals surface area contributed by atoms with E-state index in [1.165, 1.54) is 0 Å². The van der Waals surface area contributed by atoms with Crippen LogP contribution in [0.25, 0.3) is 0 Å². The Bertz CT molecular complexity index is 321. The Labute approximate surface area is 114 Å². The van der Waals surface area contributed by atoms with Crippen LogP contribution < -0.4 is 16.0 Å². The van der Waals surface area contributed by atoms with Crippen LogP contribution in [-0.4, -0.2) is 62.0 Å². The molecule has 1 unspecified atom stereocenters. The van der Waals surface area contributed by atoms with E-state index in [1.54, 1.807) is 7.05 Å². The highest BCUT2D eigenvalue weighted by Gasteiger charge is 2.26. The molecular formula is C13H24N4O2. The molecule has 6 heteroatoms. The van der Waals surface area contributed by atoms with Crippen molar-refractivity contribution >= 4 is 11.8 Å². The number of piperidine rings is 1. The Hall–Kier alpha value is -1.14. The molecule has 0 bridgehead atoms. The Morgan fingerprint density at radius 1 is 1.26 bits per heavy atom. The molecule has 0 aromatic rings. The van der Waals surface area contributed by atoms with Crippen molar-refractivity contribution in [2.45, 2.75) is 37.8 Å². The molecule has 2 heterocycles. The smallest absolute Gasteiger partial charge is 0.237 e. The van der Waals surface area contributed by atoms with E-state index in [0.29, 0.717) is 6.54 Å². The SMILES string of the molecule is CNC(=O)CN1CCC(NC(=O)C2CCCN2)CC1. The van der Waals surface area contributed by atoms with Gasteiger partial charge in [0.25, 0.3) is 0 Å². The first-order chi connectivity index (χ1) is 9.19. The summed E-state index contributed by atoms with van der Waals surface area (Å²) >= 11 is 0. The van der Waals surface area contributed by atoms with Crippen LogP contribution in [0.3, 0.4) is 0 Å². The summed E-state index contributed by atoms with van der Waals surface area (Å²) in [5.41, 5.74) is 0. The molecule has 3 N–H and O–H groups in total. The summed E-state index contributed by atoms with van der Waals surface area (Å²) in [5.74, 6) is 0.194. The van der Waals surface area contributed by atoms with Crippen LogP contribution in [0.5, 0.6) is 0 Å². The van der Waals surface area contributed by atoms with Crippen LogP contribution >= 0.6 is 0 Å². The maximum Gasteiger partial charge on any atom is 0.237 e. The highest BCUT2D eigenvalue weighted by atomic mass is 16.2. The van der Waals surface area contributed by atoms with E-state index in [-0.39, 0.29) is 23.9 Å². The minimum atomic E-state index is 0.00361. The molecule has 0 aromatic carbocycles. The third-order valence-electron chi connectivity index (χ3n) is 3.96. The molecule has 2 rings (SSSR count). The largest absolute Gasteiger partial charge is 0.358 e. The average molecular weight is 268 g/mol. The van der Waals surface area contributed by atoms with E-state index in [4.69, 9.17) is 0 Å². The molecule has 0 radical (unpaired) electrons. The van der Waals surface area contributed by atoms with Crippen molar-refractivity contribution in [3.63, 3.8) is 0 Å². The van der Waals surface area contributed by atoms with Crippen molar-refractivity contribution in [1.82, 2.24) is 20.9 Å². The van der Waals surface area contributed by atoms with Crippen LogP contribution in [0.1, 0.15) is 25.7 Å². The van der Waals surface area contributed by atoms with Gasteiger partial charge in [-0.2, -0.15) is 0 Å². The second kappa shape index (κ2) is 6.86. The lowest BCUT2D eigenvalue weighted by atomic mass is 10.0. The quantitative estimate of drug-likeness (QED) is 0.615. The lowest BCUT2D eigenvalue weighted by molar-refractivity contribution is -0.125. The van der Waals surface area contributed by atoms with E-state index in [9.17, 15) is 9.59 Å². The van der Waals surface area contributed by atoms with E-state index in [2.05, 4.69) is 20.9 Å². The van der Waals surface area contributed by atoms with Crippen molar-refractivity contribution in [3.8, 4) is 0 Å². The number of nitrogens with one attached hydrogen (secondary N) is 3. The first kappa shape index (κ1) is 14.3. The number of rotatable bonds is 4. The van der Waals surface area contributed by atoms with Crippen molar-refractivity contribution in [2.75, 3.05) is 33.2 Å². The number of likely N-dealkylation sites (tertiary alicyclic amines) is 1. The maximum absolute atomic E-state index is 12.0. The summed E-state index contributed by atoms with van der Waals surface area (Å²) in [6.45, 7) is 3.15. The molecular weight excluding hydrogens is 244 g/mol. The standard InChI is InChI=1S/C13H24N4O2/c1-14-12(18)9-17-7-4-10(5-8-17)16-13(19)11-3-2-6-15-11/h10-11,15H,2-9H2,1H3,(H,14,18)(H,16,19). The first-order valence-corrected chi connectivity index (χ1v) is 7.15. The minimum Gasteiger partial charge on any atom is -0.358 e. The zero-order valence-corrected chi connectivity index (χ0v) is 11.6. The molecule has 2 aliphatic heterocycles. The topological polar surface area (TPSA) is 73.5 Å². The number of likely N-dealkylation sites (N-methyl/N-ethyl adjacent to an activating group) is 1. The molecule has 0 saturated carbocycles. The van der Waals surface area contributed by atoms with Gasteiger partial charge in [-0.3, -0.25) is 14.5 Å². The van der Waals surface area contributed by atoms with Crippen LogP contribution in [0, 0.1) is 0 Å². The van der Waals surface area contributed by atoms with Crippen LogP contribution in [0.15, 0.2) is 0 Å². The van der Waals surface area contributed by atoms with Gasteiger partial charge in [0.1, 0.15) is 0 Å². The van der Waals surface area contributed by atoms with Crippen LogP contribution in [0.2, 0.25) is 0 Å².